The van der Waals surface area contributed by atoms with Gasteiger partial charge in [0, 0.05) is 31.5 Å². The normalized spacial score (nSPS) is 19.0. The van der Waals surface area contributed by atoms with Crippen LogP contribution in [0.25, 0.3) is 0 Å². The molecule has 1 saturated heterocycles. The highest BCUT2D eigenvalue weighted by Gasteiger charge is 2.26. The lowest BCUT2D eigenvalue weighted by molar-refractivity contribution is 0.0781. The average Bonchev–Trinajstić information content (AvgIpc) is 2.87. The third-order valence-corrected chi connectivity index (χ3v) is 3.51. The minimum atomic E-state index is 0.0608. The van der Waals surface area contributed by atoms with E-state index in [1.54, 1.807) is 6.20 Å². The van der Waals surface area contributed by atoms with Gasteiger partial charge in [0.2, 0.25) is 0 Å². The fourth-order valence-corrected chi connectivity index (χ4v) is 2.37. The summed E-state index contributed by atoms with van der Waals surface area (Å²) >= 11 is 0. The summed E-state index contributed by atoms with van der Waals surface area (Å²) in [7, 11) is 0. The molecule has 1 amide bonds. The van der Waals surface area contributed by atoms with Gasteiger partial charge in [-0.3, -0.25) is 9.78 Å². The van der Waals surface area contributed by atoms with E-state index in [1.807, 2.05) is 24.0 Å². The summed E-state index contributed by atoms with van der Waals surface area (Å²) in [6.45, 7) is 6.81. The van der Waals surface area contributed by atoms with Gasteiger partial charge in [0.05, 0.1) is 0 Å². The SMILES string of the molecule is CCNc1ccnc(C(=O)N2CCC(CC)C2)c1. The van der Waals surface area contributed by atoms with Gasteiger partial charge < -0.3 is 10.2 Å². The lowest BCUT2D eigenvalue weighted by Crippen LogP contribution is -2.29. The number of nitrogens with zero attached hydrogens (tertiary/aromatic N) is 2. The molecule has 0 saturated carbocycles. The van der Waals surface area contributed by atoms with Gasteiger partial charge in [-0.2, -0.15) is 0 Å². The number of pyridine rings is 1. The second-order valence-corrected chi connectivity index (χ2v) is 4.77. The summed E-state index contributed by atoms with van der Waals surface area (Å²) < 4.78 is 0. The molecule has 98 valence electrons. The second-order valence-electron chi connectivity index (χ2n) is 4.77. The molecule has 4 heteroatoms. The molecule has 1 fully saturated rings. The summed E-state index contributed by atoms with van der Waals surface area (Å²) in [6.07, 6.45) is 3.96. The molecule has 1 unspecified atom stereocenters. The summed E-state index contributed by atoms with van der Waals surface area (Å²) in [4.78, 5) is 18.4. The lowest BCUT2D eigenvalue weighted by Gasteiger charge is -2.16. The fraction of sp³-hybridized carbons (Fsp3) is 0.571. The highest BCUT2D eigenvalue weighted by Crippen LogP contribution is 2.21. The van der Waals surface area contributed by atoms with Gasteiger partial charge in [0.15, 0.2) is 0 Å². The minimum Gasteiger partial charge on any atom is -0.385 e. The quantitative estimate of drug-likeness (QED) is 0.888. The topological polar surface area (TPSA) is 45.2 Å². The number of carbonyl (C=O) groups is 1. The van der Waals surface area contributed by atoms with Crippen molar-refractivity contribution in [3.05, 3.63) is 24.0 Å². The van der Waals surface area contributed by atoms with Crippen molar-refractivity contribution >= 4 is 11.6 Å². The first-order valence-corrected chi connectivity index (χ1v) is 6.73. The standard InChI is InChI=1S/C14H21N3O/c1-3-11-6-8-17(10-11)14(18)13-9-12(15-4-2)5-7-16-13/h5,7,9,11H,3-4,6,8,10H2,1-2H3,(H,15,16). The second kappa shape index (κ2) is 5.85. The molecule has 1 aromatic rings. The molecule has 0 aliphatic carbocycles. The van der Waals surface area contributed by atoms with Crippen LogP contribution in [0.2, 0.25) is 0 Å². The van der Waals surface area contributed by atoms with Gasteiger partial charge in [0.25, 0.3) is 5.91 Å². The third kappa shape index (κ3) is 2.81. The Hall–Kier alpha value is -1.58. The van der Waals surface area contributed by atoms with Crippen LogP contribution in [0.3, 0.4) is 0 Å². The van der Waals surface area contributed by atoms with E-state index in [2.05, 4.69) is 17.2 Å². The number of amides is 1. The first-order chi connectivity index (χ1) is 8.74. The Morgan fingerprint density at radius 3 is 3.06 bits per heavy atom. The number of carbonyl (C=O) groups excluding carboxylic acids is 1. The predicted molar refractivity (Wildman–Crippen MR) is 72.7 cm³/mol. The average molecular weight is 247 g/mol. The largest absolute Gasteiger partial charge is 0.385 e. The molecule has 1 aliphatic rings. The summed E-state index contributed by atoms with van der Waals surface area (Å²) in [5, 5.41) is 3.20. The van der Waals surface area contributed by atoms with Crippen molar-refractivity contribution in [2.24, 2.45) is 5.92 Å². The molecular weight excluding hydrogens is 226 g/mol. The van der Waals surface area contributed by atoms with Crippen molar-refractivity contribution in [2.45, 2.75) is 26.7 Å². The van der Waals surface area contributed by atoms with Gasteiger partial charge >= 0.3 is 0 Å². The minimum absolute atomic E-state index is 0.0608. The monoisotopic (exact) mass is 247 g/mol. The fourth-order valence-electron chi connectivity index (χ4n) is 2.37. The number of hydrogen-bond donors (Lipinski definition) is 1. The van der Waals surface area contributed by atoms with Crippen LogP contribution in [0, 0.1) is 5.92 Å². The van der Waals surface area contributed by atoms with E-state index in [0.29, 0.717) is 11.6 Å². The van der Waals surface area contributed by atoms with Gasteiger partial charge in [-0.25, -0.2) is 0 Å². The molecule has 1 aromatic heterocycles. The molecule has 0 spiro atoms. The summed E-state index contributed by atoms with van der Waals surface area (Å²) in [6, 6.07) is 3.73. The maximum atomic E-state index is 12.3. The van der Waals surface area contributed by atoms with Gasteiger partial charge in [-0.05, 0) is 31.4 Å². The predicted octanol–water partition coefficient (Wildman–Crippen LogP) is 2.39. The Bertz CT molecular complexity index is 419. The first kappa shape index (κ1) is 12.9. The summed E-state index contributed by atoms with van der Waals surface area (Å²) in [5.74, 6) is 0.719. The van der Waals surface area contributed by atoms with Gasteiger partial charge in [-0.1, -0.05) is 13.3 Å². The van der Waals surface area contributed by atoms with E-state index in [0.717, 1.165) is 38.2 Å². The zero-order valence-electron chi connectivity index (χ0n) is 11.1. The molecule has 2 rings (SSSR count). The number of aromatic nitrogens is 1. The molecule has 0 radical (unpaired) electrons. The summed E-state index contributed by atoms with van der Waals surface area (Å²) in [5.41, 5.74) is 1.51. The maximum Gasteiger partial charge on any atom is 0.272 e. The van der Waals surface area contributed by atoms with Crippen molar-refractivity contribution in [3.8, 4) is 0 Å². The van der Waals surface area contributed by atoms with Gasteiger partial charge in [0.1, 0.15) is 5.69 Å². The number of rotatable bonds is 4. The van der Waals surface area contributed by atoms with Gasteiger partial charge in [-0.15, -0.1) is 0 Å². The van der Waals surface area contributed by atoms with Crippen LogP contribution in [0.1, 0.15) is 37.2 Å². The van der Waals surface area contributed by atoms with Crippen molar-refractivity contribution in [1.29, 1.82) is 0 Å². The van der Waals surface area contributed by atoms with E-state index < -0.39 is 0 Å². The van der Waals surface area contributed by atoms with Crippen molar-refractivity contribution < 1.29 is 4.79 Å². The first-order valence-electron chi connectivity index (χ1n) is 6.73. The third-order valence-electron chi connectivity index (χ3n) is 3.51. The van der Waals surface area contributed by atoms with Crippen molar-refractivity contribution in [2.75, 3.05) is 25.0 Å². The highest BCUT2D eigenvalue weighted by molar-refractivity contribution is 5.93. The Morgan fingerprint density at radius 2 is 2.39 bits per heavy atom. The Kier molecular flexibility index (Phi) is 4.18. The Morgan fingerprint density at radius 1 is 1.56 bits per heavy atom. The van der Waals surface area contributed by atoms with Crippen molar-refractivity contribution in [3.63, 3.8) is 0 Å². The van der Waals surface area contributed by atoms with Crippen LogP contribution in [-0.4, -0.2) is 35.4 Å². The van der Waals surface area contributed by atoms with Crippen LogP contribution in [-0.2, 0) is 0 Å². The molecule has 4 nitrogen and oxygen atoms in total. The smallest absolute Gasteiger partial charge is 0.272 e. The van der Waals surface area contributed by atoms with Crippen LogP contribution in [0.15, 0.2) is 18.3 Å². The number of anilines is 1. The zero-order chi connectivity index (χ0) is 13.0. The molecule has 0 aromatic carbocycles. The van der Waals surface area contributed by atoms with E-state index in [4.69, 9.17) is 0 Å². The van der Waals surface area contributed by atoms with Crippen molar-refractivity contribution in [1.82, 2.24) is 9.88 Å². The van der Waals surface area contributed by atoms with Crippen LogP contribution in [0.4, 0.5) is 5.69 Å². The van der Waals surface area contributed by atoms with Crippen LogP contribution < -0.4 is 5.32 Å². The molecule has 1 N–H and O–H groups in total. The molecule has 0 bridgehead atoms. The lowest BCUT2D eigenvalue weighted by atomic mass is 10.1. The van der Waals surface area contributed by atoms with E-state index in [1.165, 1.54) is 0 Å². The number of hydrogen-bond acceptors (Lipinski definition) is 3. The molecule has 18 heavy (non-hydrogen) atoms. The van der Waals surface area contributed by atoms with Crippen LogP contribution in [0.5, 0.6) is 0 Å². The maximum absolute atomic E-state index is 12.3. The number of nitrogens with one attached hydrogen (secondary N) is 1. The Labute approximate surface area is 108 Å². The van der Waals surface area contributed by atoms with Crippen LogP contribution >= 0.6 is 0 Å². The molecule has 1 atom stereocenters. The highest BCUT2D eigenvalue weighted by atomic mass is 16.2. The number of likely N-dealkylation sites (tertiary alicyclic amines) is 1. The van der Waals surface area contributed by atoms with E-state index in [-0.39, 0.29) is 5.91 Å². The molecular formula is C14H21N3O. The van der Waals surface area contributed by atoms with E-state index >= 15 is 0 Å². The zero-order valence-corrected chi connectivity index (χ0v) is 11.1. The van der Waals surface area contributed by atoms with E-state index in [9.17, 15) is 4.79 Å². The Balaban J connectivity index is 2.07. The molecule has 2 heterocycles. The molecule has 1 aliphatic heterocycles.